The average molecular weight is 495 g/mol. The number of likely N-dealkylation sites (tertiary alicyclic amines) is 1. The SMILES string of the molecule is C=CCN1c2c(cc(Cl)c3cc[nH]c23)CN(CC2CCCN(C(=O)OC(C)(C)C)C2)S1(=O)=O. The number of anilines is 1. The van der Waals surface area contributed by atoms with E-state index < -0.39 is 15.8 Å². The summed E-state index contributed by atoms with van der Waals surface area (Å²) in [4.78, 5) is 17.4. The number of piperidine rings is 1. The van der Waals surface area contributed by atoms with Crippen molar-refractivity contribution in [2.75, 3.05) is 30.5 Å². The lowest BCUT2D eigenvalue weighted by atomic mass is 9.98. The summed E-state index contributed by atoms with van der Waals surface area (Å²) in [6.07, 6.45) is 4.64. The molecule has 0 saturated carbocycles. The molecule has 180 valence electrons. The maximum absolute atomic E-state index is 13.6. The van der Waals surface area contributed by atoms with Gasteiger partial charge in [0.2, 0.25) is 0 Å². The minimum Gasteiger partial charge on any atom is -0.444 e. The summed E-state index contributed by atoms with van der Waals surface area (Å²) >= 11 is 6.49. The van der Waals surface area contributed by atoms with Gasteiger partial charge in [0.05, 0.1) is 22.8 Å². The van der Waals surface area contributed by atoms with E-state index in [4.69, 9.17) is 16.3 Å². The molecule has 1 atom stereocenters. The van der Waals surface area contributed by atoms with Gasteiger partial charge in [0, 0.05) is 37.8 Å². The van der Waals surface area contributed by atoms with Gasteiger partial charge in [0.15, 0.2) is 0 Å². The smallest absolute Gasteiger partial charge is 0.410 e. The summed E-state index contributed by atoms with van der Waals surface area (Å²) in [7, 11) is -3.79. The number of rotatable bonds is 4. The Bertz CT molecular complexity index is 1170. The first kappa shape index (κ1) is 23.9. The Balaban J connectivity index is 1.61. The van der Waals surface area contributed by atoms with Crippen LogP contribution in [-0.2, 0) is 21.5 Å². The van der Waals surface area contributed by atoms with Gasteiger partial charge in [-0.05, 0) is 57.2 Å². The van der Waals surface area contributed by atoms with E-state index in [0.717, 1.165) is 23.8 Å². The Hall–Kier alpha value is -2.23. The van der Waals surface area contributed by atoms with Crippen molar-refractivity contribution in [3.05, 3.63) is 41.6 Å². The van der Waals surface area contributed by atoms with Crippen molar-refractivity contribution in [2.45, 2.75) is 45.8 Å². The van der Waals surface area contributed by atoms with Gasteiger partial charge in [0.25, 0.3) is 0 Å². The van der Waals surface area contributed by atoms with Crippen molar-refractivity contribution < 1.29 is 17.9 Å². The fourth-order valence-electron chi connectivity index (χ4n) is 4.61. The standard InChI is InChI=1S/C23H31ClN4O4S/c1-5-10-28-21-17(12-19(24)18-8-9-25-20(18)21)15-27(33(28,30)31)14-16-7-6-11-26(13-16)22(29)32-23(2,3)4/h5,8-9,12,16,25H,1,6-7,10-11,13-15H2,2-4H3. The summed E-state index contributed by atoms with van der Waals surface area (Å²) < 4.78 is 35.7. The van der Waals surface area contributed by atoms with Gasteiger partial charge in [-0.3, -0.25) is 4.31 Å². The molecule has 3 heterocycles. The highest BCUT2D eigenvalue weighted by molar-refractivity contribution is 7.90. The monoisotopic (exact) mass is 494 g/mol. The summed E-state index contributed by atoms with van der Waals surface area (Å²) in [5, 5.41) is 1.37. The zero-order chi connectivity index (χ0) is 24.0. The Kier molecular flexibility index (Phi) is 6.41. The molecule has 0 aliphatic carbocycles. The first-order valence-corrected chi connectivity index (χ1v) is 12.9. The van der Waals surface area contributed by atoms with Crippen LogP contribution in [0.1, 0.15) is 39.2 Å². The number of aromatic amines is 1. The van der Waals surface area contributed by atoms with Gasteiger partial charge in [-0.1, -0.05) is 17.7 Å². The molecule has 0 bridgehead atoms. The van der Waals surface area contributed by atoms with E-state index >= 15 is 0 Å². The Labute approximate surface area is 200 Å². The van der Waals surface area contributed by atoms with E-state index in [1.807, 2.05) is 32.9 Å². The van der Waals surface area contributed by atoms with Gasteiger partial charge in [-0.25, -0.2) is 4.79 Å². The molecule has 2 aliphatic heterocycles. The minimum absolute atomic E-state index is 0.0119. The minimum atomic E-state index is -3.79. The largest absolute Gasteiger partial charge is 0.444 e. The predicted octanol–water partition coefficient (Wildman–Crippen LogP) is 4.52. The number of hydrogen-bond acceptors (Lipinski definition) is 4. The molecule has 1 unspecified atom stereocenters. The van der Waals surface area contributed by atoms with Crippen LogP contribution in [0.3, 0.4) is 0 Å². The van der Waals surface area contributed by atoms with E-state index in [2.05, 4.69) is 11.6 Å². The van der Waals surface area contributed by atoms with Crippen LogP contribution in [0.25, 0.3) is 10.9 Å². The second-order valence-electron chi connectivity index (χ2n) is 9.69. The number of carbonyl (C=O) groups excluding carboxylic acids is 1. The maximum atomic E-state index is 13.6. The van der Waals surface area contributed by atoms with E-state index in [1.165, 1.54) is 8.61 Å². The number of carbonyl (C=O) groups is 1. The predicted molar refractivity (Wildman–Crippen MR) is 131 cm³/mol. The fourth-order valence-corrected chi connectivity index (χ4v) is 6.61. The van der Waals surface area contributed by atoms with Gasteiger partial charge in [-0.15, -0.1) is 6.58 Å². The molecule has 1 aromatic carbocycles. The number of nitrogens with one attached hydrogen (secondary N) is 1. The van der Waals surface area contributed by atoms with Crippen molar-refractivity contribution in [1.82, 2.24) is 14.2 Å². The number of ether oxygens (including phenoxy) is 1. The molecular formula is C23H31ClN4O4S. The third-order valence-corrected chi connectivity index (χ3v) is 8.11. The molecule has 1 aromatic heterocycles. The lowest BCUT2D eigenvalue weighted by Gasteiger charge is -2.40. The van der Waals surface area contributed by atoms with Gasteiger partial charge in [-0.2, -0.15) is 12.7 Å². The van der Waals surface area contributed by atoms with Crippen LogP contribution in [0.15, 0.2) is 31.0 Å². The van der Waals surface area contributed by atoms with Crippen LogP contribution >= 0.6 is 11.6 Å². The van der Waals surface area contributed by atoms with Crippen LogP contribution < -0.4 is 4.31 Å². The molecule has 4 rings (SSSR count). The van der Waals surface area contributed by atoms with E-state index in [1.54, 1.807) is 17.2 Å². The second-order valence-corrected chi connectivity index (χ2v) is 11.9. The second kappa shape index (κ2) is 8.85. The van der Waals surface area contributed by atoms with E-state index in [9.17, 15) is 13.2 Å². The van der Waals surface area contributed by atoms with Crippen LogP contribution in [0.5, 0.6) is 0 Å². The Morgan fingerprint density at radius 1 is 1.39 bits per heavy atom. The molecule has 0 spiro atoms. The highest BCUT2D eigenvalue weighted by atomic mass is 35.5. The Morgan fingerprint density at radius 2 is 2.15 bits per heavy atom. The molecule has 2 aromatic rings. The van der Waals surface area contributed by atoms with Gasteiger partial charge in [0.1, 0.15) is 5.60 Å². The molecule has 2 aliphatic rings. The maximum Gasteiger partial charge on any atom is 0.410 e. The van der Waals surface area contributed by atoms with Crippen LogP contribution in [-0.4, -0.2) is 60.5 Å². The Morgan fingerprint density at radius 3 is 2.85 bits per heavy atom. The third kappa shape index (κ3) is 4.72. The molecule has 1 amide bonds. The first-order chi connectivity index (χ1) is 15.5. The molecule has 10 heteroatoms. The lowest BCUT2D eigenvalue weighted by molar-refractivity contribution is 0.0157. The van der Waals surface area contributed by atoms with E-state index in [-0.39, 0.29) is 25.1 Å². The van der Waals surface area contributed by atoms with Crippen molar-refractivity contribution in [1.29, 1.82) is 0 Å². The molecule has 1 saturated heterocycles. The fraction of sp³-hybridized carbons (Fsp3) is 0.522. The molecule has 33 heavy (non-hydrogen) atoms. The molecule has 1 N–H and O–H groups in total. The molecule has 1 fully saturated rings. The average Bonchev–Trinajstić information content (AvgIpc) is 3.21. The summed E-state index contributed by atoms with van der Waals surface area (Å²) in [5.41, 5.74) is 1.59. The quantitative estimate of drug-likeness (QED) is 0.633. The highest BCUT2D eigenvalue weighted by Gasteiger charge is 2.40. The molecule has 8 nitrogen and oxygen atoms in total. The normalized spacial score (nSPS) is 21.2. The number of fused-ring (bicyclic) bond motifs is 3. The molecular weight excluding hydrogens is 464 g/mol. The van der Waals surface area contributed by atoms with Crippen LogP contribution in [0.2, 0.25) is 5.02 Å². The van der Waals surface area contributed by atoms with Crippen molar-refractivity contribution in [3.63, 3.8) is 0 Å². The summed E-state index contributed by atoms with van der Waals surface area (Å²) in [6, 6.07) is 3.69. The number of halogens is 1. The number of amides is 1. The number of hydrogen-bond donors (Lipinski definition) is 1. The highest BCUT2D eigenvalue weighted by Crippen LogP contribution is 2.41. The summed E-state index contributed by atoms with van der Waals surface area (Å²) in [6.45, 7) is 11.0. The van der Waals surface area contributed by atoms with Crippen LogP contribution in [0.4, 0.5) is 10.5 Å². The zero-order valence-corrected chi connectivity index (χ0v) is 20.9. The van der Waals surface area contributed by atoms with Crippen molar-refractivity contribution in [3.8, 4) is 0 Å². The van der Waals surface area contributed by atoms with Crippen molar-refractivity contribution in [2.24, 2.45) is 5.92 Å². The summed E-state index contributed by atoms with van der Waals surface area (Å²) in [5.74, 6) is 0.0119. The number of H-pyrrole nitrogens is 1. The van der Waals surface area contributed by atoms with Crippen LogP contribution in [0, 0.1) is 5.92 Å². The topological polar surface area (TPSA) is 85.9 Å². The van der Waals surface area contributed by atoms with Gasteiger partial charge < -0.3 is 14.6 Å². The third-order valence-electron chi connectivity index (χ3n) is 5.97. The number of benzene rings is 1. The van der Waals surface area contributed by atoms with Gasteiger partial charge >= 0.3 is 16.3 Å². The first-order valence-electron chi connectivity index (χ1n) is 11.2. The van der Waals surface area contributed by atoms with E-state index in [0.29, 0.717) is 35.9 Å². The number of nitrogens with zero attached hydrogens (tertiary/aromatic N) is 3. The van der Waals surface area contributed by atoms with Crippen molar-refractivity contribution >= 4 is 44.5 Å². The number of aromatic nitrogens is 1. The lowest BCUT2D eigenvalue weighted by Crippen LogP contribution is -2.51. The zero-order valence-electron chi connectivity index (χ0n) is 19.3. The molecule has 0 radical (unpaired) electrons.